The van der Waals surface area contributed by atoms with Gasteiger partial charge in [0, 0.05) is 20.3 Å². The van der Waals surface area contributed by atoms with Crippen LogP contribution in [0.3, 0.4) is 0 Å². The average molecular weight is 309 g/mol. The standard InChI is InChI=1S/C12H23NO6S/c1-8(2)10(12(15)16)20(17,18)9(3)11(14)13-6-5-7-19-4/h8-10H,5-7H2,1-4H3,(H,13,14)(H,15,16). The fourth-order valence-corrected chi connectivity index (χ4v) is 3.61. The van der Waals surface area contributed by atoms with Crippen LogP contribution < -0.4 is 5.32 Å². The number of carbonyl (C=O) groups is 2. The Labute approximate surface area is 119 Å². The van der Waals surface area contributed by atoms with Crippen molar-refractivity contribution in [3.05, 3.63) is 0 Å². The van der Waals surface area contributed by atoms with E-state index in [1.54, 1.807) is 0 Å². The molecule has 0 radical (unpaired) electrons. The predicted molar refractivity (Wildman–Crippen MR) is 74.1 cm³/mol. The maximum Gasteiger partial charge on any atom is 0.322 e. The molecule has 118 valence electrons. The van der Waals surface area contributed by atoms with Gasteiger partial charge in [0.15, 0.2) is 15.1 Å². The summed E-state index contributed by atoms with van der Waals surface area (Å²) in [5.74, 6) is -2.73. The third-order valence-corrected chi connectivity index (χ3v) is 5.54. The van der Waals surface area contributed by atoms with E-state index in [2.05, 4.69) is 5.32 Å². The second-order valence-electron chi connectivity index (χ2n) is 4.87. The minimum atomic E-state index is -4.08. The van der Waals surface area contributed by atoms with E-state index in [0.717, 1.165) is 0 Å². The monoisotopic (exact) mass is 309 g/mol. The third-order valence-electron chi connectivity index (χ3n) is 2.89. The van der Waals surface area contributed by atoms with E-state index in [4.69, 9.17) is 9.84 Å². The van der Waals surface area contributed by atoms with E-state index >= 15 is 0 Å². The molecule has 0 fully saturated rings. The largest absolute Gasteiger partial charge is 0.480 e. The Bertz CT molecular complexity index is 431. The second kappa shape index (κ2) is 8.21. The molecule has 20 heavy (non-hydrogen) atoms. The van der Waals surface area contributed by atoms with E-state index in [-0.39, 0.29) is 6.54 Å². The summed E-state index contributed by atoms with van der Waals surface area (Å²) in [4.78, 5) is 22.9. The van der Waals surface area contributed by atoms with Crippen LogP contribution in [0.4, 0.5) is 0 Å². The maximum absolute atomic E-state index is 12.2. The third kappa shape index (κ3) is 5.09. The Hall–Kier alpha value is -1.15. The van der Waals surface area contributed by atoms with Gasteiger partial charge in [-0.05, 0) is 19.3 Å². The lowest BCUT2D eigenvalue weighted by Gasteiger charge is -2.21. The van der Waals surface area contributed by atoms with Gasteiger partial charge in [-0.15, -0.1) is 0 Å². The number of aliphatic carboxylic acids is 1. The van der Waals surface area contributed by atoms with Gasteiger partial charge in [0.05, 0.1) is 0 Å². The van der Waals surface area contributed by atoms with Crippen molar-refractivity contribution in [2.24, 2.45) is 5.92 Å². The Kier molecular flexibility index (Phi) is 7.74. The molecule has 0 aliphatic carbocycles. The lowest BCUT2D eigenvalue weighted by molar-refractivity contribution is -0.137. The fourth-order valence-electron chi connectivity index (χ4n) is 1.75. The van der Waals surface area contributed by atoms with Crippen LogP contribution in [0.2, 0.25) is 0 Å². The summed E-state index contributed by atoms with van der Waals surface area (Å²) in [6.45, 7) is 4.94. The van der Waals surface area contributed by atoms with Gasteiger partial charge in [0.2, 0.25) is 5.91 Å². The smallest absolute Gasteiger partial charge is 0.322 e. The van der Waals surface area contributed by atoms with Crippen molar-refractivity contribution in [1.29, 1.82) is 0 Å². The highest BCUT2D eigenvalue weighted by molar-refractivity contribution is 7.94. The van der Waals surface area contributed by atoms with E-state index in [1.807, 2.05) is 0 Å². The number of methoxy groups -OCH3 is 1. The van der Waals surface area contributed by atoms with Crippen molar-refractivity contribution in [3.8, 4) is 0 Å². The molecule has 2 unspecified atom stereocenters. The first-order valence-corrected chi connectivity index (χ1v) is 7.99. The molecule has 2 N–H and O–H groups in total. The van der Waals surface area contributed by atoms with E-state index in [0.29, 0.717) is 13.0 Å². The van der Waals surface area contributed by atoms with Crippen LogP contribution in [0.1, 0.15) is 27.2 Å². The first-order valence-electron chi connectivity index (χ1n) is 6.38. The molecule has 0 aliphatic rings. The van der Waals surface area contributed by atoms with Gasteiger partial charge >= 0.3 is 5.97 Å². The highest BCUT2D eigenvalue weighted by atomic mass is 32.2. The number of sulfone groups is 1. The molecule has 0 rings (SSSR count). The number of carbonyl (C=O) groups excluding carboxylic acids is 1. The molecule has 7 nitrogen and oxygen atoms in total. The molecule has 8 heteroatoms. The van der Waals surface area contributed by atoms with Crippen LogP contribution in [-0.2, 0) is 24.2 Å². The van der Waals surface area contributed by atoms with Gasteiger partial charge in [0.1, 0.15) is 5.25 Å². The van der Waals surface area contributed by atoms with Crippen molar-refractivity contribution in [2.75, 3.05) is 20.3 Å². The zero-order valence-electron chi connectivity index (χ0n) is 12.3. The van der Waals surface area contributed by atoms with Gasteiger partial charge in [0.25, 0.3) is 0 Å². The van der Waals surface area contributed by atoms with Gasteiger partial charge in [-0.1, -0.05) is 13.8 Å². The molecule has 0 bridgehead atoms. The minimum Gasteiger partial charge on any atom is -0.480 e. The number of rotatable bonds is 9. The normalized spacial score (nSPS) is 14.8. The summed E-state index contributed by atoms with van der Waals surface area (Å²) in [5, 5.41) is 8.52. The number of hydrogen-bond acceptors (Lipinski definition) is 5. The fraction of sp³-hybridized carbons (Fsp3) is 0.833. The maximum atomic E-state index is 12.2. The first-order chi connectivity index (χ1) is 9.16. The topological polar surface area (TPSA) is 110 Å². The lowest BCUT2D eigenvalue weighted by Crippen LogP contribution is -2.46. The molecular weight excluding hydrogens is 286 g/mol. The van der Waals surface area contributed by atoms with E-state index < -0.39 is 38.1 Å². The number of hydrogen-bond donors (Lipinski definition) is 2. The zero-order chi connectivity index (χ0) is 15.9. The molecule has 0 heterocycles. The van der Waals surface area contributed by atoms with Crippen molar-refractivity contribution < 1.29 is 27.9 Å². The number of carboxylic acid groups (broad SMARTS) is 1. The molecule has 0 aromatic heterocycles. The molecule has 0 aromatic rings. The summed E-state index contributed by atoms with van der Waals surface area (Å²) in [5.41, 5.74) is 0. The van der Waals surface area contributed by atoms with Crippen molar-refractivity contribution in [2.45, 2.75) is 37.7 Å². The molecule has 0 saturated carbocycles. The summed E-state index contributed by atoms with van der Waals surface area (Å²) in [6.07, 6.45) is 0.557. The summed E-state index contributed by atoms with van der Waals surface area (Å²) < 4.78 is 29.2. The average Bonchev–Trinajstić information content (AvgIpc) is 2.31. The first kappa shape index (κ1) is 18.9. The van der Waals surface area contributed by atoms with Crippen LogP contribution in [0.25, 0.3) is 0 Å². The van der Waals surface area contributed by atoms with Gasteiger partial charge < -0.3 is 15.2 Å². The quantitative estimate of drug-likeness (QED) is 0.582. The number of nitrogens with one attached hydrogen (secondary N) is 1. The molecule has 0 aromatic carbocycles. The summed E-state index contributed by atoms with van der Waals surface area (Å²) >= 11 is 0. The Morgan fingerprint density at radius 1 is 1.25 bits per heavy atom. The second-order valence-corrected chi connectivity index (χ2v) is 7.26. The van der Waals surface area contributed by atoms with Crippen molar-refractivity contribution in [1.82, 2.24) is 5.32 Å². The molecule has 0 spiro atoms. The zero-order valence-corrected chi connectivity index (χ0v) is 13.1. The summed E-state index contributed by atoms with van der Waals surface area (Å²) in [6, 6.07) is 0. The number of carboxylic acids is 1. The highest BCUT2D eigenvalue weighted by Gasteiger charge is 2.41. The van der Waals surface area contributed by atoms with Crippen LogP contribution in [-0.4, -0.2) is 56.2 Å². The minimum absolute atomic E-state index is 0.284. The van der Waals surface area contributed by atoms with Gasteiger partial charge in [-0.3, -0.25) is 9.59 Å². The van der Waals surface area contributed by atoms with Crippen LogP contribution in [0, 0.1) is 5.92 Å². The molecular formula is C12H23NO6S. The lowest BCUT2D eigenvalue weighted by atomic mass is 10.1. The predicted octanol–water partition coefficient (Wildman–Crippen LogP) is 0.0516. The Morgan fingerprint density at radius 3 is 2.20 bits per heavy atom. The van der Waals surface area contributed by atoms with Gasteiger partial charge in [-0.2, -0.15) is 0 Å². The molecule has 1 amide bonds. The molecule has 0 saturated heterocycles. The summed E-state index contributed by atoms with van der Waals surface area (Å²) in [7, 11) is -2.56. The van der Waals surface area contributed by atoms with Crippen molar-refractivity contribution >= 4 is 21.7 Å². The highest BCUT2D eigenvalue weighted by Crippen LogP contribution is 2.18. The number of ether oxygens (including phenoxy) is 1. The van der Waals surface area contributed by atoms with E-state index in [1.165, 1.54) is 27.9 Å². The molecule has 2 atom stereocenters. The van der Waals surface area contributed by atoms with E-state index in [9.17, 15) is 18.0 Å². The molecule has 0 aliphatic heterocycles. The SMILES string of the molecule is COCCCNC(=O)C(C)S(=O)(=O)C(C(=O)O)C(C)C. The van der Waals surface area contributed by atoms with Crippen LogP contribution >= 0.6 is 0 Å². The Morgan fingerprint density at radius 2 is 1.80 bits per heavy atom. The van der Waals surface area contributed by atoms with Crippen LogP contribution in [0.15, 0.2) is 0 Å². The van der Waals surface area contributed by atoms with Crippen molar-refractivity contribution in [3.63, 3.8) is 0 Å². The van der Waals surface area contributed by atoms with Crippen LogP contribution in [0.5, 0.6) is 0 Å². The number of amides is 1. The Balaban J connectivity index is 4.83. The van der Waals surface area contributed by atoms with Gasteiger partial charge in [-0.25, -0.2) is 8.42 Å².